The molecule has 3 N–H and O–H groups in total. The number of halogens is 3. The van der Waals surface area contributed by atoms with Gasteiger partial charge in [0.05, 0.1) is 11.8 Å². The first-order valence-corrected chi connectivity index (χ1v) is 10.2. The zero-order chi connectivity index (χ0) is 22.4. The van der Waals surface area contributed by atoms with Crippen LogP contribution in [-0.4, -0.2) is 52.9 Å². The van der Waals surface area contributed by atoms with Crippen molar-refractivity contribution in [2.24, 2.45) is 0 Å². The van der Waals surface area contributed by atoms with E-state index in [4.69, 9.17) is 22.6 Å². The minimum atomic E-state index is -3.01. The number of likely N-dealkylation sites (tertiary alicyclic amines) is 1. The quantitative estimate of drug-likeness (QED) is 0.596. The minimum absolute atomic E-state index is 0.0255. The van der Waals surface area contributed by atoms with Gasteiger partial charge in [0.2, 0.25) is 5.91 Å². The molecule has 1 saturated heterocycles. The molecule has 0 saturated carbocycles. The van der Waals surface area contributed by atoms with Crippen LogP contribution in [0.1, 0.15) is 19.3 Å². The van der Waals surface area contributed by atoms with E-state index in [0.717, 1.165) is 12.8 Å². The van der Waals surface area contributed by atoms with Gasteiger partial charge in [-0.2, -0.15) is 19.1 Å². The summed E-state index contributed by atoms with van der Waals surface area (Å²) < 4.78 is 31.4. The van der Waals surface area contributed by atoms with Crippen molar-refractivity contribution in [2.75, 3.05) is 25.4 Å². The number of nitriles is 1. The van der Waals surface area contributed by atoms with E-state index in [1.54, 1.807) is 4.90 Å². The Kier molecular flexibility index (Phi) is 7.65. The second-order valence-electron chi connectivity index (χ2n) is 7.17. The Morgan fingerprint density at radius 1 is 1.42 bits per heavy atom. The number of nitrogens with zero attached hydrogens (tertiary/aromatic N) is 4. The predicted molar refractivity (Wildman–Crippen MR) is 112 cm³/mol. The third kappa shape index (κ3) is 6.06. The molecule has 1 aliphatic heterocycles. The van der Waals surface area contributed by atoms with Crippen LogP contribution in [-0.2, 0) is 11.3 Å². The van der Waals surface area contributed by atoms with Gasteiger partial charge in [0.15, 0.2) is 0 Å². The number of amides is 1. The molecule has 2 aromatic rings. The number of piperidine rings is 1. The summed E-state index contributed by atoms with van der Waals surface area (Å²) in [6.07, 6.45) is 3.55. The fourth-order valence-electron chi connectivity index (χ4n) is 3.52. The van der Waals surface area contributed by atoms with Gasteiger partial charge in [-0.25, -0.2) is 0 Å². The summed E-state index contributed by atoms with van der Waals surface area (Å²) >= 11 is 6.00. The van der Waals surface area contributed by atoms with E-state index in [1.165, 1.54) is 29.1 Å². The third-order valence-corrected chi connectivity index (χ3v) is 5.25. The average Bonchev–Trinajstić information content (AvgIpc) is 3.09. The predicted octanol–water partition coefficient (Wildman–Crippen LogP) is 2.88. The summed E-state index contributed by atoms with van der Waals surface area (Å²) in [7, 11) is 0. The molecule has 1 aliphatic rings. The van der Waals surface area contributed by atoms with Gasteiger partial charge in [-0.15, -0.1) is 0 Å². The van der Waals surface area contributed by atoms with Gasteiger partial charge >= 0.3 is 6.61 Å². The van der Waals surface area contributed by atoms with Crippen LogP contribution in [0, 0.1) is 11.3 Å². The number of anilines is 1. The van der Waals surface area contributed by atoms with Crippen molar-refractivity contribution in [1.29, 1.82) is 5.26 Å². The SMILES string of the molecule is N#CCCNC1CCN(C(=O)Cn2cc(N)c(-c3cc(Cl)ccc3OC(F)F)n2)CC1. The summed E-state index contributed by atoms with van der Waals surface area (Å²) in [6, 6.07) is 6.58. The Morgan fingerprint density at radius 2 is 2.16 bits per heavy atom. The Hall–Kier alpha value is -2.90. The van der Waals surface area contributed by atoms with Crippen LogP contribution in [0.25, 0.3) is 11.3 Å². The molecule has 8 nitrogen and oxygen atoms in total. The summed E-state index contributed by atoms with van der Waals surface area (Å²) in [4.78, 5) is 14.4. The Labute approximate surface area is 183 Å². The molecule has 3 rings (SSSR count). The molecule has 0 radical (unpaired) electrons. The average molecular weight is 453 g/mol. The summed E-state index contributed by atoms with van der Waals surface area (Å²) in [5, 5.41) is 16.5. The summed E-state index contributed by atoms with van der Waals surface area (Å²) in [6.45, 7) is -1.18. The highest BCUT2D eigenvalue weighted by Crippen LogP contribution is 2.35. The molecule has 166 valence electrons. The van der Waals surface area contributed by atoms with Gasteiger partial charge in [0.1, 0.15) is 18.0 Å². The number of carbonyl (C=O) groups excluding carboxylic acids is 1. The zero-order valence-electron chi connectivity index (χ0n) is 16.7. The van der Waals surface area contributed by atoms with Crippen molar-refractivity contribution in [2.45, 2.75) is 38.5 Å². The maximum Gasteiger partial charge on any atom is 0.387 e. The monoisotopic (exact) mass is 452 g/mol. The third-order valence-electron chi connectivity index (χ3n) is 5.02. The number of aromatic nitrogens is 2. The number of alkyl halides is 2. The van der Waals surface area contributed by atoms with E-state index >= 15 is 0 Å². The van der Waals surface area contributed by atoms with Crippen molar-refractivity contribution in [1.82, 2.24) is 20.0 Å². The molecule has 1 fully saturated rings. The van der Waals surface area contributed by atoms with E-state index in [2.05, 4.69) is 21.2 Å². The molecule has 0 atom stereocenters. The van der Waals surface area contributed by atoms with Gasteiger partial charge in [0.25, 0.3) is 0 Å². The number of hydrogen-bond donors (Lipinski definition) is 2. The summed E-state index contributed by atoms with van der Waals surface area (Å²) in [5.41, 5.74) is 6.68. The van der Waals surface area contributed by atoms with Gasteiger partial charge in [-0.1, -0.05) is 11.6 Å². The Balaban J connectivity index is 1.65. The smallest absolute Gasteiger partial charge is 0.387 e. The Bertz CT molecular complexity index is 954. The number of hydrogen-bond acceptors (Lipinski definition) is 6. The van der Waals surface area contributed by atoms with Crippen molar-refractivity contribution in [3.05, 3.63) is 29.4 Å². The molecule has 2 heterocycles. The van der Waals surface area contributed by atoms with Gasteiger partial charge in [0, 0.05) is 48.9 Å². The maximum absolute atomic E-state index is 12.7. The number of benzene rings is 1. The first kappa shape index (κ1) is 22.8. The first-order valence-electron chi connectivity index (χ1n) is 9.83. The summed E-state index contributed by atoms with van der Waals surface area (Å²) in [5.74, 6) is -0.215. The molecular formula is C20H23ClF2N6O2. The van der Waals surface area contributed by atoms with Gasteiger partial charge in [-0.3, -0.25) is 9.48 Å². The maximum atomic E-state index is 12.7. The molecule has 0 unspecified atom stereocenters. The lowest BCUT2D eigenvalue weighted by atomic mass is 10.0. The van der Waals surface area contributed by atoms with Crippen LogP contribution in [0.4, 0.5) is 14.5 Å². The molecule has 11 heteroatoms. The second kappa shape index (κ2) is 10.4. The van der Waals surface area contributed by atoms with E-state index in [-0.39, 0.29) is 35.1 Å². The fraction of sp³-hybridized carbons (Fsp3) is 0.450. The highest BCUT2D eigenvalue weighted by Gasteiger charge is 2.24. The number of carbonyl (C=O) groups is 1. The van der Waals surface area contributed by atoms with Crippen LogP contribution in [0.15, 0.2) is 24.4 Å². The number of ether oxygens (including phenoxy) is 1. The van der Waals surface area contributed by atoms with Crippen molar-refractivity contribution in [3.8, 4) is 23.1 Å². The molecule has 1 aromatic heterocycles. The van der Waals surface area contributed by atoms with Crippen LogP contribution in [0.2, 0.25) is 5.02 Å². The molecule has 0 spiro atoms. The van der Waals surface area contributed by atoms with Crippen LogP contribution < -0.4 is 15.8 Å². The Morgan fingerprint density at radius 3 is 2.84 bits per heavy atom. The van der Waals surface area contributed by atoms with Crippen molar-refractivity contribution >= 4 is 23.2 Å². The molecule has 0 aliphatic carbocycles. The number of nitrogen functional groups attached to an aromatic ring is 1. The lowest BCUT2D eigenvalue weighted by Gasteiger charge is -2.32. The van der Waals surface area contributed by atoms with E-state index in [9.17, 15) is 13.6 Å². The standard InChI is InChI=1S/C20H23ClF2N6O2/c21-13-2-3-17(31-20(22)23)15(10-13)19-16(25)11-29(27-19)12-18(30)28-8-4-14(5-9-28)26-7-1-6-24/h2-3,10-11,14,20,26H,1,4-5,7-9,12,25H2. The van der Waals surface area contributed by atoms with Crippen LogP contribution in [0.3, 0.4) is 0 Å². The van der Waals surface area contributed by atoms with Crippen molar-refractivity contribution in [3.63, 3.8) is 0 Å². The van der Waals surface area contributed by atoms with Crippen LogP contribution >= 0.6 is 11.6 Å². The highest BCUT2D eigenvalue weighted by atomic mass is 35.5. The lowest BCUT2D eigenvalue weighted by molar-refractivity contribution is -0.133. The van der Waals surface area contributed by atoms with Gasteiger partial charge in [-0.05, 0) is 31.0 Å². The molecule has 1 amide bonds. The number of nitrogens with two attached hydrogens (primary N) is 1. The van der Waals surface area contributed by atoms with E-state index in [1.807, 2.05) is 0 Å². The van der Waals surface area contributed by atoms with Gasteiger partial charge < -0.3 is 20.7 Å². The molecule has 31 heavy (non-hydrogen) atoms. The van der Waals surface area contributed by atoms with Crippen LogP contribution in [0.5, 0.6) is 5.75 Å². The lowest BCUT2D eigenvalue weighted by Crippen LogP contribution is -2.46. The van der Waals surface area contributed by atoms with E-state index < -0.39 is 6.61 Å². The largest absolute Gasteiger partial charge is 0.434 e. The van der Waals surface area contributed by atoms with Crippen molar-refractivity contribution < 1.29 is 18.3 Å². The molecule has 0 bridgehead atoms. The topological polar surface area (TPSA) is 109 Å². The normalized spacial score (nSPS) is 14.6. The second-order valence-corrected chi connectivity index (χ2v) is 7.60. The van der Waals surface area contributed by atoms with E-state index in [0.29, 0.717) is 37.1 Å². The zero-order valence-corrected chi connectivity index (χ0v) is 17.5. The first-order chi connectivity index (χ1) is 14.9. The fourth-order valence-corrected chi connectivity index (χ4v) is 3.69. The minimum Gasteiger partial charge on any atom is -0.434 e. The highest BCUT2D eigenvalue weighted by molar-refractivity contribution is 6.31. The number of nitrogens with one attached hydrogen (secondary N) is 1. The molecular weight excluding hydrogens is 430 g/mol. The molecule has 1 aromatic carbocycles. The number of rotatable bonds is 8.